The zero-order valence-electron chi connectivity index (χ0n) is 9.88. The van der Waals surface area contributed by atoms with Gasteiger partial charge in [-0.2, -0.15) is 0 Å². The fourth-order valence-electron chi connectivity index (χ4n) is 1.63. The van der Waals surface area contributed by atoms with E-state index in [1.165, 1.54) is 0 Å². The van der Waals surface area contributed by atoms with Crippen molar-refractivity contribution in [3.8, 4) is 0 Å². The van der Waals surface area contributed by atoms with Gasteiger partial charge < -0.3 is 14.8 Å². The van der Waals surface area contributed by atoms with Gasteiger partial charge in [0, 0.05) is 18.4 Å². The number of imidazole rings is 1. The molecule has 2 heterocycles. The van der Waals surface area contributed by atoms with E-state index in [0.29, 0.717) is 5.65 Å². The van der Waals surface area contributed by atoms with Gasteiger partial charge in [-0.05, 0) is 19.1 Å². The van der Waals surface area contributed by atoms with Gasteiger partial charge in [0.15, 0.2) is 0 Å². The number of hydrogen-bond donors (Lipinski definition) is 2. The highest BCUT2D eigenvalue weighted by Crippen LogP contribution is 2.08. The zero-order valence-corrected chi connectivity index (χ0v) is 9.88. The minimum atomic E-state index is -0.943. The van der Waals surface area contributed by atoms with E-state index < -0.39 is 5.97 Å². The first kappa shape index (κ1) is 12.1. The average Bonchev–Trinajstić information content (AvgIpc) is 2.74. The van der Waals surface area contributed by atoms with E-state index in [-0.39, 0.29) is 24.6 Å². The maximum atomic E-state index is 11.7. The third-order valence-electron chi connectivity index (χ3n) is 2.55. The molecule has 0 spiro atoms. The van der Waals surface area contributed by atoms with Crippen molar-refractivity contribution in [3.05, 3.63) is 35.8 Å². The fourth-order valence-corrected chi connectivity index (χ4v) is 1.63. The van der Waals surface area contributed by atoms with Crippen LogP contribution in [-0.2, 0) is 4.79 Å². The summed E-state index contributed by atoms with van der Waals surface area (Å²) in [5.74, 6) is -1.31. The first-order chi connectivity index (χ1) is 8.58. The number of carbonyl (C=O) groups is 2. The molecule has 6 heteroatoms. The molecular weight excluding hydrogens is 234 g/mol. The van der Waals surface area contributed by atoms with E-state index in [4.69, 9.17) is 5.11 Å². The standard InChI is InChI=1S/C12H13N3O3/c1-8-3-2-4-10-14-9(7-15(8)10)12(18)13-6-5-11(16)17/h2-4,7H,5-6H2,1H3,(H,13,18)(H,16,17). The largest absolute Gasteiger partial charge is 0.481 e. The van der Waals surface area contributed by atoms with Crippen LogP contribution in [0.1, 0.15) is 22.6 Å². The fraction of sp³-hybridized carbons (Fsp3) is 0.250. The molecule has 0 aliphatic carbocycles. The number of nitrogens with one attached hydrogen (secondary N) is 1. The minimum absolute atomic E-state index is 0.0982. The van der Waals surface area contributed by atoms with E-state index in [0.717, 1.165) is 5.69 Å². The molecule has 0 aliphatic rings. The number of carboxylic acid groups (broad SMARTS) is 1. The number of nitrogens with zero attached hydrogens (tertiary/aromatic N) is 2. The highest BCUT2D eigenvalue weighted by atomic mass is 16.4. The maximum absolute atomic E-state index is 11.7. The molecule has 2 aromatic heterocycles. The lowest BCUT2D eigenvalue weighted by Gasteiger charge is -1.99. The molecule has 0 saturated carbocycles. The van der Waals surface area contributed by atoms with Gasteiger partial charge in [0.05, 0.1) is 6.42 Å². The van der Waals surface area contributed by atoms with E-state index in [1.54, 1.807) is 12.3 Å². The number of amides is 1. The summed E-state index contributed by atoms with van der Waals surface area (Å²) in [6.45, 7) is 2.02. The van der Waals surface area contributed by atoms with Gasteiger partial charge in [-0.25, -0.2) is 4.98 Å². The number of aromatic nitrogens is 2. The highest BCUT2D eigenvalue weighted by Gasteiger charge is 2.11. The van der Waals surface area contributed by atoms with Crippen molar-refractivity contribution in [2.45, 2.75) is 13.3 Å². The summed E-state index contributed by atoms with van der Waals surface area (Å²) in [6.07, 6.45) is 1.54. The maximum Gasteiger partial charge on any atom is 0.305 e. The van der Waals surface area contributed by atoms with Crippen molar-refractivity contribution in [1.82, 2.24) is 14.7 Å². The third kappa shape index (κ3) is 2.48. The Morgan fingerprint density at radius 3 is 2.89 bits per heavy atom. The van der Waals surface area contributed by atoms with Crippen molar-refractivity contribution >= 4 is 17.5 Å². The van der Waals surface area contributed by atoms with Crippen molar-refractivity contribution < 1.29 is 14.7 Å². The molecule has 18 heavy (non-hydrogen) atoms. The van der Waals surface area contributed by atoms with Crippen molar-refractivity contribution in [2.24, 2.45) is 0 Å². The summed E-state index contributed by atoms with van der Waals surface area (Å²) in [5.41, 5.74) is 1.96. The zero-order chi connectivity index (χ0) is 13.1. The average molecular weight is 247 g/mol. The van der Waals surface area contributed by atoms with Gasteiger partial charge in [-0.15, -0.1) is 0 Å². The van der Waals surface area contributed by atoms with Crippen LogP contribution in [0.4, 0.5) is 0 Å². The number of aryl methyl sites for hydroxylation is 1. The molecule has 1 amide bonds. The number of carbonyl (C=O) groups excluding carboxylic acids is 1. The van der Waals surface area contributed by atoms with Gasteiger partial charge in [-0.1, -0.05) is 6.07 Å². The van der Waals surface area contributed by atoms with Crippen LogP contribution in [0, 0.1) is 6.92 Å². The Hall–Kier alpha value is -2.37. The lowest BCUT2D eigenvalue weighted by atomic mass is 10.4. The predicted molar refractivity (Wildman–Crippen MR) is 64.5 cm³/mol. The number of fused-ring (bicyclic) bond motifs is 1. The molecule has 0 aromatic carbocycles. The molecule has 0 saturated heterocycles. The molecule has 6 nitrogen and oxygen atoms in total. The first-order valence-corrected chi connectivity index (χ1v) is 5.52. The molecule has 2 rings (SSSR count). The van der Waals surface area contributed by atoms with Gasteiger partial charge in [0.25, 0.3) is 5.91 Å². The smallest absolute Gasteiger partial charge is 0.305 e. The number of rotatable bonds is 4. The summed E-state index contributed by atoms with van der Waals surface area (Å²) >= 11 is 0. The predicted octanol–water partition coefficient (Wildman–Crippen LogP) is 0.847. The van der Waals surface area contributed by atoms with Crippen LogP contribution in [0.3, 0.4) is 0 Å². The summed E-state index contributed by atoms with van der Waals surface area (Å²) < 4.78 is 1.81. The number of hydrogen-bond acceptors (Lipinski definition) is 3. The lowest BCUT2D eigenvalue weighted by molar-refractivity contribution is -0.136. The van der Waals surface area contributed by atoms with Crippen LogP contribution in [0.5, 0.6) is 0 Å². The molecular formula is C12H13N3O3. The Morgan fingerprint density at radius 2 is 2.22 bits per heavy atom. The second-order valence-electron chi connectivity index (χ2n) is 3.92. The van der Waals surface area contributed by atoms with E-state index >= 15 is 0 Å². The normalized spacial score (nSPS) is 10.5. The second kappa shape index (κ2) is 4.87. The van der Waals surface area contributed by atoms with Crippen molar-refractivity contribution in [3.63, 3.8) is 0 Å². The molecule has 0 fully saturated rings. The topological polar surface area (TPSA) is 83.7 Å². The molecule has 0 radical (unpaired) electrons. The van der Waals surface area contributed by atoms with Crippen molar-refractivity contribution in [2.75, 3.05) is 6.54 Å². The third-order valence-corrected chi connectivity index (χ3v) is 2.55. The first-order valence-electron chi connectivity index (χ1n) is 5.52. The summed E-state index contributed by atoms with van der Waals surface area (Å²) in [7, 11) is 0. The Labute approximate surface area is 103 Å². The molecule has 2 aromatic rings. The Kier molecular flexibility index (Phi) is 3.27. The summed E-state index contributed by atoms with van der Waals surface area (Å²) in [4.78, 5) is 26.2. The Bertz CT molecular complexity index is 604. The van der Waals surface area contributed by atoms with Crippen molar-refractivity contribution in [1.29, 1.82) is 0 Å². The van der Waals surface area contributed by atoms with Crippen LogP contribution >= 0.6 is 0 Å². The quantitative estimate of drug-likeness (QED) is 0.838. The Morgan fingerprint density at radius 1 is 1.44 bits per heavy atom. The van der Waals surface area contributed by atoms with E-state index in [2.05, 4.69) is 10.3 Å². The number of carboxylic acids is 1. The molecule has 0 aliphatic heterocycles. The summed E-state index contributed by atoms with van der Waals surface area (Å²) in [6, 6.07) is 5.59. The lowest BCUT2D eigenvalue weighted by Crippen LogP contribution is -2.26. The van der Waals surface area contributed by atoms with E-state index in [1.807, 2.05) is 23.5 Å². The molecule has 0 bridgehead atoms. The van der Waals surface area contributed by atoms with Gasteiger partial charge in [0.1, 0.15) is 11.3 Å². The highest BCUT2D eigenvalue weighted by molar-refractivity contribution is 5.93. The second-order valence-corrected chi connectivity index (χ2v) is 3.92. The number of aliphatic carboxylic acids is 1. The van der Waals surface area contributed by atoms with Gasteiger partial charge >= 0.3 is 5.97 Å². The Balaban J connectivity index is 2.13. The summed E-state index contributed by atoms with van der Waals surface area (Å²) in [5, 5.41) is 11.0. The van der Waals surface area contributed by atoms with Crippen LogP contribution in [0.2, 0.25) is 0 Å². The minimum Gasteiger partial charge on any atom is -0.481 e. The van der Waals surface area contributed by atoms with Gasteiger partial charge in [-0.3, -0.25) is 9.59 Å². The molecule has 0 unspecified atom stereocenters. The van der Waals surface area contributed by atoms with Crippen LogP contribution < -0.4 is 5.32 Å². The SMILES string of the molecule is Cc1cccc2nc(C(=O)NCCC(=O)O)cn12. The van der Waals surface area contributed by atoms with E-state index in [9.17, 15) is 9.59 Å². The number of pyridine rings is 1. The van der Waals surface area contributed by atoms with Gasteiger partial charge in [0.2, 0.25) is 0 Å². The molecule has 0 atom stereocenters. The molecule has 2 N–H and O–H groups in total. The molecule has 94 valence electrons. The monoisotopic (exact) mass is 247 g/mol. The van der Waals surface area contributed by atoms with Crippen LogP contribution in [-0.4, -0.2) is 32.9 Å². The van der Waals surface area contributed by atoms with Crippen LogP contribution in [0.15, 0.2) is 24.4 Å². The van der Waals surface area contributed by atoms with Crippen LogP contribution in [0.25, 0.3) is 5.65 Å².